The second-order valence-electron chi connectivity index (χ2n) is 7.13. The highest BCUT2D eigenvalue weighted by atomic mass is 19.4. The van der Waals surface area contributed by atoms with E-state index in [9.17, 15) is 23.3 Å². The largest absolute Gasteiger partial charge is 0.421 e. The summed E-state index contributed by atoms with van der Waals surface area (Å²) in [6.07, 6.45) is 0.221. The van der Waals surface area contributed by atoms with Gasteiger partial charge in [-0.15, -0.1) is 0 Å². The summed E-state index contributed by atoms with van der Waals surface area (Å²) < 4.78 is 40.4. The fourth-order valence-electron chi connectivity index (χ4n) is 3.07. The molecule has 0 fully saturated rings. The van der Waals surface area contributed by atoms with Gasteiger partial charge in [-0.25, -0.2) is 4.98 Å². The van der Waals surface area contributed by atoms with E-state index in [1.165, 1.54) is 24.3 Å². The summed E-state index contributed by atoms with van der Waals surface area (Å²) in [7, 11) is 0. The first-order valence-electron chi connectivity index (χ1n) is 10.1. The number of nitro benzene ring substituents is 1. The molecule has 32 heavy (non-hydrogen) atoms. The lowest BCUT2D eigenvalue weighted by Crippen LogP contribution is -2.13. The number of aryl methyl sites for hydroxylation is 1. The number of nitrogens with zero attached hydrogens (tertiary/aromatic N) is 3. The second-order valence-corrected chi connectivity index (χ2v) is 7.13. The predicted molar refractivity (Wildman–Crippen MR) is 116 cm³/mol. The minimum atomic E-state index is -4.75. The molecule has 1 aromatic heterocycles. The van der Waals surface area contributed by atoms with Gasteiger partial charge in [0.1, 0.15) is 17.1 Å². The molecule has 0 unspecified atom stereocenters. The third-order valence-corrected chi connectivity index (χ3v) is 4.73. The molecule has 0 amide bonds. The van der Waals surface area contributed by atoms with E-state index in [1.807, 2.05) is 12.1 Å². The van der Waals surface area contributed by atoms with Gasteiger partial charge in [-0.2, -0.15) is 18.2 Å². The van der Waals surface area contributed by atoms with Gasteiger partial charge < -0.3 is 10.6 Å². The summed E-state index contributed by atoms with van der Waals surface area (Å²) in [6, 6.07) is 12.9. The average molecular weight is 445 g/mol. The lowest BCUT2D eigenvalue weighted by molar-refractivity contribution is -0.383. The molecular formula is C22H22F3N5O2. The molecule has 7 nitrogen and oxygen atoms in total. The molecule has 0 saturated carbocycles. The standard InChI is InChI=1S/C22H22F3N5O2/c1-2-3-4-7-15-10-12-16(13-11-15)27-21-26-14-17(22(23,24)25)20(29-21)28-18-8-5-6-9-19(18)30(31)32/h5-6,8-14H,2-4,7H2,1H3,(H2,26,27,28,29). The van der Waals surface area contributed by atoms with Crippen molar-refractivity contribution in [3.8, 4) is 0 Å². The molecule has 0 bridgehead atoms. The van der Waals surface area contributed by atoms with Gasteiger partial charge in [0, 0.05) is 18.0 Å². The van der Waals surface area contributed by atoms with Crippen molar-refractivity contribution < 1.29 is 18.1 Å². The van der Waals surface area contributed by atoms with Gasteiger partial charge in [0.15, 0.2) is 0 Å². The number of rotatable bonds is 9. The number of halogens is 3. The second kappa shape index (κ2) is 10.1. The lowest BCUT2D eigenvalue weighted by atomic mass is 10.1. The van der Waals surface area contributed by atoms with Crippen LogP contribution in [0.2, 0.25) is 0 Å². The van der Waals surface area contributed by atoms with E-state index in [0.29, 0.717) is 11.9 Å². The molecule has 168 valence electrons. The van der Waals surface area contributed by atoms with Crippen molar-refractivity contribution in [2.75, 3.05) is 10.6 Å². The molecule has 2 N–H and O–H groups in total. The van der Waals surface area contributed by atoms with Crippen molar-refractivity contribution in [3.05, 3.63) is 76.0 Å². The Morgan fingerprint density at radius 2 is 1.75 bits per heavy atom. The van der Waals surface area contributed by atoms with E-state index in [-0.39, 0.29) is 17.3 Å². The van der Waals surface area contributed by atoms with E-state index >= 15 is 0 Å². The number of nitrogens with one attached hydrogen (secondary N) is 2. The molecule has 0 saturated heterocycles. The van der Waals surface area contributed by atoms with Crippen molar-refractivity contribution in [1.82, 2.24) is 9.97 Å². The zero-order valence-electron chi connectivity index (χ0n) is 17.3. The first-order valence-corrected chi connectivity index (χ1v) is 10.1. The number of benzene rings is 2. The van der Waals surface area contributed by atoms with Crippen LogP contribution in [0.1, 0.15) is 37.3 Å². The number of aromatic nitrogens is 2. The minimum Gasteiger partial charge on any atom is -0.334 e. The third-order valence-electron chi connectivity index (χ3n) is 4.73. The highest BCUT2D eigenvalue weighted by Gasteiger charge is 2.36. The van der Waals surface area contributed by atoms with Crippen molar-refractivity contribution in [1.29, 1.82) is 0 Å². The number of hydrogen-bond acceptors (Lipinski definition) is 6. The van der Waals surface area contributed by atoms with E-state index in [4.69, 9.17) is 0 Å². The van der Waals surface area contributed by atoms with Crippen molar-refractivity contribution >= 4 is 28.8 Å². The Labute approximate surface area is 182 Å². The molecule has 1 heterocycles. The van der Waals surface area contributed by atoms with Crippen LogP contribution in [-0.2, 0) is 12.6 Å². The fraction of sp³-hybridized carbons (Fsp3) is 0.273. The molecule has 0 atom stereocenters. The van der Waals surface area contributed by atoms with Gasteiger partial charge in [-0.05, 0) is 36.6 Å². The van der Waals surface area contributed by atoms with Crippen LogP contribution in [0.3, 0.4) is 0 Å². The molecule has 2 aromatic carbocycles. The van der Waals surface area contributed by atoms with Gasteiger partial charge in [-0.3, -0.25) is 10.1 Å². The van der Waals surface area contributed by atoms with E-state index in [2.05, 4.69) is 27.5 Å². The molecule has 0 aliphatic heterocycles. The summed E-state index contributed by atoms with van der Waals surface area (Å²) in [5, 5.41) is 16.5. The van der Waals surface area contributed by atoms with Crippen LogP contribution in [0, 0.1) is 10.1 Å². The zero-order valence-corrected chi connectivity index (χ0v) is 17.3. The van der Waals surface area contributed by atoms with Crippen molar-refractivity contribution in [2.24, 2.45) is 0 Å². The summed E-state index contributed by atoms with van der Waals surface area (Å²) in [4.78, 5) is 18.2. The Hall–Kier alpha value is -3.69. The van der Waals surface area contributed by atoms with Crippen LogP contribution >= 0.6 is 0 Å². The average Bonchev–Trinajstić information content (AvgIpc) is 2.75. The molecule has 3 rings (SSSR count). The fourth-order valence-corrected chi connectivity index (χ4v) is 3.07. The molecule has 3 aromatic rings. The Kier molecular flexibility index (Phi) is 7.24. The Bertz CT molecular complexity index is 1070. The Balaban J connectivity index is 1.86. The van der Waals surface area contributed by atoms with E-state index in [1.54, 1.807) is 12.1 Å². The van der Waals surface area contributed by atoms with Gasteiger partial charge in [-0.1, -0.05) is 44.0 Å². The molecule has 0 radical (unpaired) electrons. The monoisotopic (exact) mass is 445 g/mol. The van der Waals surface area contributed by atoms with Crippen molar-refractivity contribution in [2.45, 2.75) is 38.8 Å². The highest BCUT2D eigenvalue weighted by Crippen LogP contribution is 2.36. The summed E-state index contributed by atoms with van der Waals surface area (Å²) >= 11 is 0. The Morgan fingerprint density at radius 1 is 1.03 bits per heavy atom. The van der Waals surface area contributed by atoms with Crippen LogP contribution in [0.4, 0.5) is 42.0 Å². The van der Waals surface area contributed by atoms with Crippen LogP contribution in [0.15, 0.2) is 54.7 Å². The Morgan fingerprint density at radius 3 is 2.41 bits per heavy atom. The van der Waals surface area contributed by atoms with Gasteiger partial charge in [0.25, 0.3) is 5.69 Å². The quantitative estimate of drug-likeness (QED) is 0.218. The first-order chi connectivity index (χ1) is 15.3. The normalized spacial score (nSPS) is 11.2. The van der Waals surface area contributed by atoms with Gasteiger partial charge in [0.2, 0.25) is 5.95 Å². The third kappa shape index (κ3) is 5.93. The van der Waals surface area contributed by atoms with E-state index in [0.717, 1.165) is 31.2 Å². The first kappa shape index (κ1) is 23.0. The van der Waals surface area contributed by atoms with Crippen LogP contribution < -0.4 is 10.6 Å². The number of alkyl halides is 3. The maximum atomic E-state index is 13.5. The SMILES string of the molecule is CCCCCc1ccc(Nc2ncc(C(F)(F)F)c(Nc3ccccc3[N+](=O)[O-])n2)cc1. The molecule has 0 aliphatic rings. The molecule has 0 aliphatic carbocycles. The number of anilines is 4. The van der Waals surface area contributed by atoms with Gasteiger partial charge >= 0.3 is 6.18 Å². The lowest BCUT2D eigenvalue weighted by Gasteiger charge is -2.15. The summed E-state index contributed by atoms with van der Waals surface area (Å²) in [6.45, 7) is 2.14. The number of hydrogen-bond donors (Lipinski definition) is 2. The highest BCUT2D eigenvalue weighted by molar-refractivity contribution is 5.70. The maximum absolute atomic E-state index is 13.5. The molecular weight excluding hydrogens is 423 g/mol. The summed E-state index contributed by atoms with van der Waals surface area (Å²) in [5.41, 5.74) is 0.167. The summed E-state index contributed by atoms with van der Waals surface area (Å²) in [5.74, 6) is -0.654. The van der Waals surface area contributed by atoms with E-state index < -0.39 is 22.5 Å². The number of para-hydroxylation sites is 2. The smallest absolute Gasteiger partial charge is 0.334 e. The molecule has 0 spiro atoms. The van der Waals surface area contributed by atoms with Crippen LogP contribution in [0.5, 0.6) is 0 Å². The zero-order chi connectivity index (χ0) is 23.1. The minimum absolute atomic E-state index is 0.0715. The predicted octanol–water partition coefficient (Wildman–Crippen LogP) is 6.62. The van der Waals surface area contributed by atoms with Crippen LogP contribution in [0.25, 0.3) is 0 Å². The topological polar surface area (TPSA) is 93.0 Å². The van der Waals surface area contributed by atoms with Gasteiger partial charge in [0.05, 0.1) is 4.92 Å². The molecule has 10 heteroatoms. The maximum Gasteiger partial charge on any atom is 0.421 e. The number of unbranched alkanes of at least 4 members (excludes halogenated alkanes) is 2. The van der Waals surface area contributed by atoms with Crippen LogP contribution in [-0.4, -0.2) is 14.9 Å². The number of nitro groups is 1. The van der Waals surface area contributed by atoms with Crippen molar-refractivity contribution in [3.63, 3.8) is 0 Å².